The molecule has 25 heavy (non-hydrogen) atoms. The van der Waals surface area contributed by atoms with E-state index in [4.69, 9.17) is 5.11 Å². The standard InChI is InChI=1S/C16H23FN2O5S/c1-12(16(21)22)11-18(2)15(20)5-4-10-19(3)25(23,24)14-8-6-13(17)7-9-14/h6-9,12H,4-5,10-11H2,1-3H3,(H,21,22). The Morgan fingerprint density at radius 3 is 2.28 bits per heavy atom. The summed E-state index contributed by atoms with van der Waals surface area (Å²) in [5.41, 5.74) is 0. The lowest BCUT2D eigenvalue weighted by atomic mass is 10.1. The molecule has 7 nitrogen and oxygen atoms in total. The van der Waals surface area contributed by atoms with Gasteiger partial charge in [-0.25, -0.2) is 17.1 Å². The number of amides is 1. The highest BCUT2D eigenvalue weighted by Gasteiger charge is 2.21. The van der Waals surface area contributed by atoms with Crippen LogP contribution in [0.3, 0.4) is 0 Å². The zero-order valence-electron chi connectivity index (χ0n) is 14.5. The molecule has 0 radical (unpaired) electrons. The third kappa shape index (κ3) is 6.09. The van der Waals surface area contributed by atoms with Crippen molar-refractivity contribution in [2.24, 2.45) is 5.92 Å². The normalized spacial score (nSPS) is 12.8. The van der Waals surface area contributed by atoms with Crippen LogP contribution in [-0.2, 0) is 19.6 Å². The van der Waals surface area contributed by atoms with Gasteiger partial charge < -0.3 is 10.0 Å². The second kappa shape index (κ2) is 8.91. The minimum absolute atomic E-state index is 0.0184. The minimum atomic E-state index is -3.74. The van der Waals surface area contributed by atoms with Crippen molar-refractivity contribution in [3.05, 3.63) is 30.1 Å². The summed E-state index contributed by atoms with van der Waals surface area (Å²) in [6.07, 6.45) is 0.396. The maximum Gasteiger partial charge on any atom is 0.308 e. The first kappa shape index (κ1) is 21.0. The number of hydrogen-bond acceptors (Lipinski definition) is 4. The van der Waals surface area contributed by atoms with Crippen molar-refractivity contribution in [2.45, 2.75) is 24.7 Å². The predicted octanol–water partition coefficient (Wildman–Crippen LogP) is 1.41. The van der Waals surface area contributed by atoms with Crippen LogP contribution in [-0.4, -0.2) is 61.8 Å². The number of sulfonamides is 1. The topological polar surface area (TPSA) is 95.0 Å². The Labute approximate surface area is 147 Å². The van der Waals surface area contributed by atoms with Gasteiger partial charge in [0.25, 0.3) is 0 Å². The number of hydrogen-bond donors (Lipinski definition) is 1. The van der Waals surface area contributed by atoms with Crippen molar-refractivity contribution in [2.75, 3.05) is 27.2 Å². The predicted molar refractivity (Wildman–Crippen MR) is 89.9 cm³/mol. The Kier molecular flexibility index (Phi) is 7.50. The average molecular weight is 374 g/mol. The first-order valence-corrected chi connectivity index (χ1v) is 9.18. The van der Waals surface area contributed by atoms with E-state index in [1.54, 1.807) is 0 Å². The van der Waals surface area contributed by atoms with Gasteiger partial charge >= 0.3 is 5.97 Å². The molecule has 0 aliphatic rings. The highest BCUT2D eigenvalue weighted by molar-refractivity contribution is 7.89. The van der Waals surface area contributed by atoms with Crippen molar-refractivity contribution < 1.29 is 27.5 Å². The van der Waals surface area contributed by atoms with Crippen molar-refractivity contribution in [3.8, 4) is 0 Å². The summed E-state index contributed by atoms with van der Waals surface area (Å²) in [5, 5.41) is 8.84. The summed E-state index contributed by atoms with van der Waals surface area (Å²) < 4.78 is 38.6. The summed E-state index contributed by atoms with van der Waals surface area (Å²) in [5.74, 6) is -2.42. The summed E-state index contributed by atoms with van der Waals surface area (Å²) >= 11 is 0. The van der Waals surface area contributed by atoms with Gasteiger partial charge in [0, 0.05) is 33.6 Å². The second-order valence-electron chi connectivity index (χ2n) is 5.90. The van der Waals surface area contributed by atoms with Crippen LogP contribution < -0.4 is 0 Å². The molecule has 1 unspecified atom stereocenters. The molecule has 0 heterocycles. The number of halogens is 1. The van der Waals surface area contributed by atoms with Crippen molar-refractivity contribution in [1.29, 1.82) is 0 Å². The number of carbonyl (C=O) groups excluding carboxylic acids is 1. The molecule has 1 aromatic rings. The number of carboxylic acid groups (broad SMARTS) is 1. The van der Waals surface area contributed by atoms with Gasteiger partial charge in [-0.15, -0.1) is 0 Å². The van der Waals surface area contributed by atoms with Crippen LogP contribution in [0, 0.1) is 11.7 Å². The van der Waals surface area contributed by atoms with Crippen LogP contribution in [0.2, 0.25) is 0 Å². The largest absolute Gasteiger partial charge is 0.481 e. The minimum Gasteiger partial charge on any atom is -0.481 e. The van der Waals surface area contributed by atoms with E-state index in [1.165, 1.54) is 38.1 Å². The molecule has 1 amide bonds. The van der Waals surface area contributed by atoms with Crippen LogP contribution in [0.15, 0.2) is 29.2 Å². The highest BCUT2D eigenvalue weighted by atomic mass is 32.2. The monoisotopic (exact) mass is 374 g/mol. The Bertz CT molecular complexity index is 706. The van der Waals surface area contributed by atoms with Crippen molar-refractivity contribution in [1.82, 2.24) is 9.21 Å². The molecule has 0 aliphatic heterocycles. The summed E-state index contributed by atoms with van der Waals surface area (Å²) in [4.78, 5) is 24.1. The van der Waals surface area contributed by atoms with Crippen molar-refractivity contribution in [3.63, 3.8) is 0 Å². The molecule has 0 saturated carbocycles. The Hall–Kier alpha value is -2.00. The van der Waals surface area contributed by atoms with Gasteiger partial charge in [0.05, 0.1) is 10.8 Å². The van der Waals surface area contributed by atoms with Crippen molar-refractivity contribution >= 4 is 21.9 Å². The fourth-order valence-corrected chi connectivity index (χ4v) is 3.35. The molecule has 0 saturated heterocycles. The van der Waals surface area contributed by atoms with E-state index < -0.39 is 27.7 Å². The van der Waals surface area contributed by atoms with Crippen LogP contribution in [0.5, 0.6) is 0 Å². The van der Waals surface area contributed by atoms with Gasteiger partial charge in [-0.1, -0.05) is 6.92 Å². The van der Waals surface area contributed by atoms with Crippen LogP contribution in [0.1, 0.15) is 19.8 Å². The lowest BCUT2D eigenvalue weighted by Gasteiger charge is -2.21. The fourth-order valence-electron chi connectivity index (χ4n) is 2.14. The maximum absolute atomic E-state index is 12.9. The van der Waals surface area contributed by atoms with Gasteiger partial charge in [0.2, 0.25) is 15.9 Å². The number of benzene rings is 1. The van der Waals surface area contributed by atoms with Crippen LogP contribution >= 0.6 is 0 Å². The van der Waals surface area contributed by atoms with Gasteiger partial charge in [0.1, 0.15) is 5.82 Å². The number of carbonyl (C=O) groups is 2. The van der Waals surface area contributed by atoms with E-state index in [2.05, 4.69) is 0 Å². The number of nitrogens with zero attached hydrogens (tertiary/aromatic N) is 2. The van der Waals surface area contributed by atoms with Gasteiger partial charge in [-0.2, -0.15) is 0 Å². The molecule has 0 fully saturated rings. The number of carboxylic acids is 1. The zero-order valence-corrected chi connectivity index (χ0v) is 15.3. The second-order valence-corrected chi connectivity index (χ2v) is 7.94. The number of aliphatic carboxylic acids is 1. The zero-order chi connectivity index (χ0) is 19.2. The molecule has 1 N–H and O–H groups in total. The fraction of sp³-hybridized carbons (Fsp3) is 0.500. The first-order valence-electron chi connectivity index (χ1n) is 7.74. The summed E-state index contributed by atoms with van der Waals surface area (Å²) in [7, 11) is -0.837. The quantitative estimate of drug-likeness (QED) is 0.705. The summed E-state index contributed by atoms with van der Waals surface area (Å²) in [6, 6.07) is 4.52. The van der Waals surface area contributed by atoms with E-state index in [9.17, 15) is 22.4 Å². The Morgan fingerprint density at radius 1 is 1.20 bits per heavy atom. The van der Waals surface area contributed by atoms with E-state index in [0.29, 0.717) is 6.42 Å². The highest BCUT2D eigenvalue weighted by Crippen LogP contribution is 2.15. The molecule has 0 spiro atoms. The van der Waals surface area contributed by atoms with E-state index in [0.717, 1.165) is 16.4 Å². The third-order valence-electron chi connectivity index (χ3n) is 3.78. The molecule has 0 aromatic heterocycles. The maximum atomic E-state index is 12.9. The SMILES string of the molecule is CC(CN(C)C(=O)CCCN(C)S(=O)(=O)c1ccc(F)cc1)C(=O)O. The molecule has 1 rings (SSSR count). The molecular weight excluding hydrogens is 351 g/mol. The van der Waals surface area contributed by atoms with Crippen LogP contribution in [0.4, 0.5) is 4.39 Å². The molecule has 0 bridgehead atoms. The lowest BCUT2D eigenvalue weighted by molar-refractivity contribution is -0.142. The Balaban J connectivity index is 2.53. The van der Waals surface area contributed by atoms with Gasteiger partial charge in [0.15, 0.2) is 0 Å². The third-order valence-corrected chi connectivity index (χ3v) is 5.65. The van der Waals surface area contributed by atoms with E-state index in [-0.39, 0.29) is 30.3 Å². The van der Waals surface area contributed by atoms with E-state index >= 15 is 0 Å². The van der Waals surface area contributed by atoms with Gasteiger partial charge in [-0.3, -0.25) is 9.59 Å². The first-order chi connectivity index (χ1) is 11.6. The smallest absolute Gasteiger partial charge is 0.308 e. The summed E-state index contributed by atoms with van der Waals surface area (Å²) in [6.45, 7) is 1.72. The molecular formula is C16H23FN2O5S. The average Bonchev–Trinajstić information content (AvgIpc) is 2.54. The molecule has 1 aromatic carbocycles. The van der Waals surface area contributed by atoms with Crippen LogP contribution in [0.25, 0.3) is 0 Å². The molecule has 0 aliphatic carbocycles. The number of rotatable bonds is 9. The lowest BCUT2D eigenvalue weighted by Crippen LogP contribution is -2.34. The van der Waals surface area contributed by atoms with E-state index in [1.807, 2.05) is 0 Å². The molecule has 140 valence electrons. The molecule has 1 atom stereocenters. The Morgan fingerprint density at radius 2 is 1.76 bits per heavy atom. The molecule has 9 heteroatoms. The van der Waals surface area contributed by atoms with Gasteiger partial charge in [-0.05, 0) is 30.7 Å².